The molecule has 0 bridgehead atoms. The Balaban J connectivity index is 1.43. The molecule has 4 aromatic rings. The summed E-state index contributed by atoms with van der Waals surface area (Å²) < 4.78 is 7.20. The molecule has 7 heteroatoms. The van der Waals surface area contributed by atoms with E-state index in [0.717, 1.165) is 28.3 Å². The average Bonchev–Trinajstić information content (AvgIpc) is 3.12. The Labute approximate surface area is 162 Å². The predicted octanol–water partition coefficient (Wildman–Crippen LogP) is 3.26. The monoisotopic (exact) mass is 373 g/mol. The van der Waals surface area contributed by atoms with Crippen LogP contribution in [0.4, 0.5) is 4.79 Å². The number of rotatable bonds is 6. The molecule has 0 saturated carbocycles. The van der Waals surface area contributed by atoms with Crippen LogP contribution in [0, 0.1) is 0 Å². The van der Waals surface area contributed by atoms with Gasteiger partial charge in [0.25, 0.3) is 0 Å². The predicted molar refractivity (Wildman–Crippen MR) is 105 cm³/mol. The number of benzene rings is 1. The van der Waals surface area contributed by atoms with Crippen molar-refractivity contribution in [3.05, 3.63) is 84.6 Å². The molecule has 0 unspecified atom stereocenters. The van der Waals surface area contributed by atoms with Gasteiger partial charge in [-0.2, -0.15) is 0 Å². The van der Waals surface area contributed by atoms with Gasteiger partial charge in [0.15, 0.2) is 5.65 Å². The molecule has 0 fully saturated rings. The van der Waals surface area contributed by atoms with Crippen LogP contribution in [0.5, 0.6) is 0 Å². The molecule has 0 saturated heterocycles. The summed E-state index contributed by atoms with van der Waals surface area (Å²) in [5, 5.41) is 2.78. The second-order valence-corrected chi connectivity index (χ2v) is 6.17. The van der Waals surface area contributed by atoms with Crippen LogP contribution >= 0.6 is 0 Å². The minimum absolute atomic E-state index is 0.242. The number of carbonyl (C=O) groups excluding carboxylic acids is 1. The van der Waals surface area contributed by atoms with Crippen LogP contribution in [-0.2, 0) is 17.8 Å². The molecule has 1 N–H and O–H groups in total. The Morgan fingerprint density at radius 3 is 2.75 bits per heavy atom. The molecule has 0 radical (unpaired) electrons. The van der Waals surface area contributed by atoms with E-state index in [2.05, 4.69) is 20.3 Å². The highest BCUT2D eigenvalue weighted by Gasteiger charge is 2.15. The van der Waals surface area contributed by atoms with Crippen LogP contribution in [0.25, 0.3) is 17.0 Å². The van der Waals surface area contributed by atoms with Gasteiger partial charge in [0.05, 0.1) is 23.3 Å². The zero-order valence-electron chi connectivity index (χ0n) is 15.2. The third kappa shape index (κ3) is 3.98. The number of nitrogens with zero attached hydrogens (tertiary/aromatic N) is 4. The minimum atomic E-state index is -0.450. The van der Waals surface area contributed by atoms with Crippen molar-refractivity contribution in [2.24, 2.45) is 0 Å². The number of aromatic nitrogens is 4. The van der Waals surface area contributed by atoms with Gasteiger partial charge in [-0.3, -0.25) is 14.4 Å². The number of amides is 1. The summed E-state index contributed by atoms with van der Waals surface area (Å²) in [6.07, 6.45) is 7.12. The first kappa shape index (κ1) is 17.7. The van der Waals surface area contributed by atoms with Crippen molar-refractivity contribution < 1.29 is 9.53 Å². The Morgan fingerprint density at radius 2 is 1.93 bits per heavy atom. The summed E-state index contributed by atoms with van der Waals surface area (Å²) in [5.41, 5.74) is 4.25. The van der Waals surface area contributed by atoms with Gasteiger partial charge in [-0.25, -0.2) is 9.78 Å². The summed E-state index contributed by atoms with van der Waals surface area (Å²) in [4.78, 5) is 25.2. The number of nitrogens with one attached hydrogen (secondary N) is 1. The average molecular weight is 373 g/mol. The molecule has 4 rings (SSSR count). The van der Waals surface area contributed by atoms with E-state index in [4.69, 9.17) is 4.74 Å². The molecule has 7 nitrogen and oxygen atoms in total. The molecule has 0 aliphatic heterocycles. The molecule has 28 heavy (non-hydrogen) atoms. The lowest BCUT2D eigenvalue weighted by molar-refractivity contribution is 0.140. The van der Waals surface area contributed by atoms with Gasteiger partial charge < -0.3 is 10.1 Å². The fraction of sp³-hybridized carbons (Fsp3) is 0.143. The van der Waals surface area contributed by atoms with E-state index in [-0.39, 0.29) is 6.61 Å². The highest BCUT2D eigenvalue weighted by Crippen LogP contribution is 2.23. The molecule has 140 valence electrons. The Hall–Kier alpha value is -3.74. The molecule has 3 aromatic heterocycles. The molecule has 1 amide bonds. The molecular formula is C21H19N5O2. The number of pyridine rings is 1. The maximum absolute atomic E-state index is 12.0. The molecule has 3 heterocycles. The van der Waals surface area contributed by atoms with Gasteiger partial charge in [0, 0.05) is 31.6 Å². The van der Waals surface area contributed by atoms with E-state index >= 15 is 0 Å². The summed E-state index contributed by atoms with van der Waals surface area (Å²) >= 11 is 0. The van der Waals surface area contributed by atoms with E-state index in [1.807, 2.05) is 59.1 Å². The molecule has 0 aliphatic carbocycles. The second-order valence-electron chi connectivity index (χ2n) is 6.17. The Bertz CT molecular complexity index is 1060. The van der Waals surface area contributed by atoms with Gasteiger partial charge in [-0.1, -0.05) is 36.4 Å². The van der Waals surface area contributed by atoms with E-state index < -0.39 is 6.09 Å². The standard InChI is InChI=1S/C21H19N5O2/c27-21(28-15-16-6-2-1-3-7-16)24-11-9-18-20(17-8-4-5-10-23-17)26-13-12-22-14-19(26)25-18/h1-8,10,12-14H,9,11,15H2,(H,24,27). The zero-order chi connectivity index (χ0) is 19.2. The highest BCUT2D eigenvalue weighted by atomic mass is 16.5. The topological polar surface area (TPSA) is 81.4 Å². The number of carbonyl (C=O) groups is 1. The number of hydrogen-bond acceptors (Lipinski definition) is 5. The maximum atomic E-state index is 12.0. The normalized spacial score (nSPS) is 10.7. The molecule has 0 aliphatic rings. The van der Waals surface area contributed by atoms with Crippen molar-refractivity contribution >= 4 is 11.7 Å². The van der Waals surface area contributed by atoms with Gasteiger partial charge in [0.2, 0.25) is 0 Å². The smallest absolute Gasteiger partial charge is 0.407 e. The van der Waals surface area contributed by atoms with E-state index in [1.165, 1.54) is 0 Å². The van der Waals surface area contributed by atoms with Crippen LogP contribution in [-0.4, -0.2) is 32.0 Å². The molecule has 0 atom stereocenters. The molecule has 0 spiro atoms. The quantitative estimate of drug-likeness (QED) is 0.561. The third-order valence-electron chi connectivity index (χ3n) is 4.25. The number of fused-ring (bicyclic) bond motifs is 1. The second kappa shape index (κ2) is 8.30. The number of imidazole rings is 1. The first-order chi connectivity index (χ1) is 13.8. The van der Waals surface area contributed by atoms with Crippen LogP contribution in [0.3, 0.4) is 0 Å². The van der Waals surface area contributed by atoms with E-state index in [1.54, 1.807) is 18.6 Å². The summed E-state index contributed by atoms with van der Waals surface area (Å²) in [5.74, 6) is 0. The lowest BCUT2D eigenvalue weighted by Crippen LogP contribution is -2.26. The first-order valence-corrected chi connectivity index (χ1v) is 8.98. The maximum Gasteiger partial charge on any atom is 0.407 e. The summed E-state index contributed by atoms with van der Waals surface area (Å²) in [7, 11) is 0. The van der Waals surface area contributed by atoms with Crippen molar-refractivity contribution in [2.75, 3.05) is 6.54 Å². The van der Waals surface area contributed by atoms with Crippen molar-refractivity contribution in [1.82, 2.24) is 24.7 Å². The largest absolute Gasteiger partial charge is 0.445 e. The van der Waals surface area contributed by atoms with Crippen molar-refractivity contribution in [1.29, 1.82) is 0 Å². The summed E-state index contributed by atoms with van der Waals surface area (Å²) in [6.45, 7) is 0.649. The van der Waals surface area contributed by atoms with Crippen molar-refractivity contribution in [2.45, 2.75) is 13.0 Å². The van der Waals surface area contributed by atoms with Gasteiger partial charge in [-0.15, -0.1) is 0 Å². The highest BCUT2D eigenvalue weighted by molar-refractivity contribution is 5.67. The molecular weight excluding hydrogens is 354 g/mol. The molecule has 1 aromatic carbocycles. The van der Waals surface area contributed by atoms with E-state index in [9.17, 15) is 4.79 Å². The Morgan fingerprint density at radius 1 is 1.07 bits per heavy atom. The number of alkyl carbamates (subject to hydrolysis) is 1. The lowest BCUT2D eigenvalue weighted by atomic mass is 10.2. The number of ether oxygens (including phenoxy) is 1. The van der Waals surface area contributed by atoms with E-state index in [0.29, 0.717) is 13.0 Å². The van der Waals surface area contributed by atoms with Gasteiger partial charge in [-0.05, 0) is 17.7 Å². The summed E-state index contributed by atoms with van der Waals surface area (Å²) in [6, 6.07) is 15.3. The van der Waals surface area contributed by atoms with Gasteiger partial charge in [0.1, 0.15) is 6.61 Å². The van der Waals surface area contributed by atoms with Gasteiger partial charge >= 0.3 is 6.09 Å². The Kier molecular flexibility index (Phi) is 5.24. The van der Waals surface area contributed by atoms with Crippen LogP contribution in [0.15, 0.2) is 73.3 Å². The number of hydrogen-bond donors (Lipinski definition) is 1. The lowest BCUT2D eigenvalue weighted by Gasteiger charge is -2.07. The minimum Gasteiger partial charge on any atom is -0.445 e. The fourth-order valence-electron chi connectivity index (χ4n) is 2.96. The fourth-order valence-corrected chi connectivity index (χ4v) is 2.96. The van der Waals surface area contributed by atoms with Crippen LogP contribution in [0.2, 0.25) is 0 Å². The van der Waals surface area contributed by atoms with Crippen molar-refractivity contribution in [3.8, 4) is 11.4 Å². The zero-order valence-corrected chi connectivity index (χ0v) is 15.2. The van der Waals surface area contributed by atoms with Crippen LogP contribution < -0.4 is 5.32 Å². The third-order valence-corrected chi connectivity index (χ3v) is 4.25. The van der Waals surface area contributed by atoms with Crippen molar-refractivity contribution in [3.63, 3.8) is 0 Å². The first-order valence-electron chi connectivity index (χ1n) is 8.98. The SMILES string of the molecule is O=C(NCCc1nc2cnccn2c1-c1ccccn1)OCc1ccccc1. The van der Waals surface area contributed by atoms with Crippen LogP contribution in [0.1, 0.15) is 11.3 Å².